The lowest BCUT2D eigenvalue weighted by Crippen LogP contribution is -2.36. The van der Waals surface area contributed by atoms with Gasteiger partial charge in [0.1, 0.15) is 0 Å². The van der Waals surface area contributed by atoms with Crippen LogP contribution in [0, 0.1) is 6.92 Å². The Morgan fingerprint density at radius 2 is 1.92 bits per heavy atom. The molecule has 6 nitrogen and oxygen atoms in total. The first kappa shape index (κ1) is 17.6. The molecule has 1 aromatic carbocycles. The van der Waals surface area contributed by atoms with Crippen molar-refractivity contribution in [3.8, 4) is 0 Å². The molecule has 0 unspecified atom stereocenters. The van der Waals surface area contributed by atoms with E-state index in [-0.39, 0.29) is 24.2 Å². The number of carbonyl (C=O) groups is 2. The molecule has 0 bridgehead atoms. The first-order valence-electron chi connectivity index (χ1n) is 7.83. The van der Waals surface area contributed by atoms with E-state index >= 15 is 0 Å². The number of esters is 1. The normalized spacial score (nSPS) is 11.6. The highest BCUT2D eigenvalue weighted by atomic mass is 16.5. The molecule has 0 saturated carbocycles. The van der Waals surface area contributed by atoms with E-state index in [1.807, 2.05) is 25.1 Å². The molecule has 126 valence electrons. The highest BCUT2D eigenvalue weighted by Crippen LogP contribution is 2.05. The van der Waals surface area contributed by atoms with Crippen molar-refractivity contribution in [2.24, 2.45) is 0 Å². The number of benzene rings is 1. The first-order valence-corrected chi connectivity index (χ1v) is 7.83. The van der Waals surface area contributed by atoms with E-state index in [4.69, 9.17) is 4.74 Å². The van der Waals surface area contributed by atoms with Crippen LogP contribution in [-0.2, 0) is 16.0 Å². The summed E-state index contributed by atoms with van der Waals surface area (Å²) in [6.07, 6.45) is 4.49. The summed E-state index contributed by atoms with van der Waals surface area (Å²) in [6, 6.07) is 10.1. The Balaban J connectivity index is 1.70. The minimum Gasteiger partial charge on any atom is -0.451 e. The average Bonchev–Trinajstić information content (AvgIpc) is 2.59. The number of amides is 1. The van der Waals surface area contributed by atoms with Crippen LogP contribution in [0.1, 0.15) is 35.1 Å². The maximum atomic E-state index is 11.8. The van der Waals surface area contributed by atoms with Crippen molar-refractivity contribution >= 4 is 11.9 Å². The minimum atomic E-state index is -0.658. The smallest absolute Gasteiger partial charge is 0.359 e. The fourth-order valence-corrected chi connectivity index (χ4v) is 2.12. The summed E-state index contributed by atoms with van der Waals surface area (Å²) in [5.74, 6) is -0.987. The first-order chi connectivity index (χ1) is 11.5. The van der Waals surface area contributed by atoms with Gasteiger partial charge >= 0.3 is 5.97 Å². The van der Waals surface area contributed by atoms with Gasteiger partial charge in [-0.15, -0.1) is 0 Å². The molecule has 1 N–H and O–H groups in total. The Morgan fingerprint density at radius 1 is 1.17 bits per heavy atom. The summed E-state index contributed by atoms with van der Waals surface area (Å²) in [4.78, 5) is 31.5. The number of hydrogen-bond acceptors (Lipinski definition) is 5. The topological polar surface area (TPSA) is 81.2 Å². The molecule has 0 aliphatic carbocycles. The van der Waals surface area contributed by atoms with Crippen LogP contribution in [0.3, 0.4) is 0 Å². The number of nitrogens with one attached hydrogen (secondary N) is 1. The van der Waals surface area contributed by atoms with Gasteiger partial charge in [-0.2, -0.15) is 0 Å². The molecule has 0 aliphatic rings. The predicted octanol–water partition coefficient (Wildman–Crippen LogP) is 2.08. The summed E-state index contributed by atoms with van der Waals surface area (Å²) in [7, 11) is 0. The molecule has 2 rings (SSSR count). The third-order valence-electron chi connectivity index (χ3n) is 3.44. The third-order valence-corrected chi connectivity index (χ3v) is 3.44. The summed E-state index contributed by atoms with van der Waals surface area (Å²) in [5.41, 5.74) is 2.02. The average molecular weight is 327 g/mol. The number of hydrogen-bond donors (Lipinski definition) is 1. The standard InChI is InChI=1S/C18H21N3O3/c1-13(8-9-15-6-4-3-5-7-15)21-17(22)12-24-18(23)16-11-19-14(2)10-20-16/h3-7,10-11,13H,8-9,12H2,1-2H3,(H,21,22)/t13-/m0/s1. The minimum absolute atomic E-state index is 0.00410. The Bertz CT molecular complexity index is 672. The largest absolute Gasteiger partial charge is 0.451 e. The molecule has 1 heterocycles. The number of aryl methyl sites for hydroxylation is 2. The van der Waals surface area contributed by atoms with Gasteiger partial charge in [-0.3, -0.25) is 9.78 Å². The SMILES string of the molecule is Cc1cnc(C(=O)OCC(=O)N[C@@H](C)CCc2ccccc2)cn1. The van der Waals surface area contributed by atoms with Crippen molar-refractivity contribution in [2.75, 3.05) is 6.61 Å². The lowest BCUT2D eigenvalue weighted by Gasteiger charge is -2.14. The van der Waals surface area contributed by atoms with Gasteiger partial charge < -0.3 is 10.1 Å². The van der Waals surface area contributed by atoms with Gasteiger partial charge in [-0.25, -0.2) is 9.78 Å². The summed E-state index contributed by atoms with van der Waals surface area (Å²) in [5, 5.41) is 2.81. The Hall–Kier alpha value is -2.76. The molecular weight excluding hydrogens is 306 g/mol. The maximum Gasteiger partial charge on any atom is 0.359 e. The van der Waals surface area contributed by atoms with Crippen LogP contribution < -0.4 is 5.32 Å². The van der Waals surface area contributed by atoms with Crippen LogP contribution in [0.5, 0.6) is 0 Å². The Morgan fingerprint density at radius 3 is 2.58 bits per heavy atom. The molecule has 6 heteroatoms. The van der Waals surface area contributed by atoms with Crippen LogP contribution in [0.2, 0.25) is 0 Å². The number of aromatic nitrogens is 2. The van der Waals surface area contributed by atoms with Crippen molar-refractivity contribution in [3.63, 3.8) is 0 Å². The second-order valence-electron chi connectivity index (χ2n) is 5.61. The van der Waals surface area contributed by atoms with Gasteiger partial charge in [0.2, 0.25) is 0 Å². The molecule has 0 aliphatic heterocycles. The summed E-state index contributed by atoms with van der Waals surface area (Å²) >= 11 is 0. The number of carbonyl (C=O) groups excluding carboxylic acids is 2. The molecule has 1 atom stereocenters. The van der Waals surface area contributed by atoms with Crippen LogP contribution >= 0.6 is 0 Å². The van der Waals surface area contributed by atoms with Crippen molar-refractivity contribution in [1.29, 1.82) is 0 Å². The van der Waals surface area contributed by atoms with E-state index in [1.54, 1.807) is 6.92 Å². The highest BCUT2D eigenvalue weighted by Gasteiger charge is 2.13. The zero-order chi connectivity index (χ0) is 17.4. The fourth-order valence-electron chi connectivity index (χ4n) is 2.12. The second-order valence-corrected chi connectivity index (χ2v) is 5.61. The lowest BCUT2D eigenvalue weighted by atomic mass is 10.1. The Kier molecular flexibility index (Phi) is 6.42. The highest BCUT2D eigenvalue weighted by molar-refractivity contribution is 5.89. The molecule has 1 amide bonds. The molecule has 0 spiro atoms. The molecule has 1 aromatic heterocycles. The molecule has 24 heavy (non-hydrogen) atoms. The van der Waals surface area contributed by atoms with E-state index in [0.29, 0.717) is 5.69 Å². The molecule has 0 saturated heterocycles. The van der Waals surface area contributed by atoms with E-state index in [0.717, 1.165) is 12.8 Å². The summed E-state index contributed by atoms with van der Waals surface area (Å²) in [6.45, 7) is 3.37. The van der Waals surface area contributed by atoms with Gasteiger partial charge in [-0.1, -0.05) is 30.3 Å². The fraction of sp³-hybridized carbons (Fsp3) is 0.333. The van der Waals surface area contributed by atoms with Gasteiger partial charge in [-0.05, 0) is 32.3 Å². The van der Waals surface area contributed by atoms with Crippen LogP contribution in [0.25, 0.3) is 0 Å². The molecule has 0 radical (unpaired) electrons. The molecule has 0 fully saturated rings. The van der Waals surface area contributed by atoms with Crippen LogP contribution in [0.4, 0.5) is 0 Å². The summed E-state index contributed by atoms with van der Waals surface area (Å²) < 4.78 is 4.94. The van der Waals surface area contributed by atoms with Crippen molar-refractivity contribution in [3.05, 3.63) is 59.7 Å². The monoisotopic (exact) mass is 327 g/mol. The molecule has 2 aromatic rings. The van der Waals surface area contributed by atoms with Gasteiger partial charge in [0.05, 0.1) is 11.9 Å². The number of ether oxygens (including phenoxy) is 1. The Labute approximate surface area is 141 Å². The third kappa shape index (κ3) is 5.79. The lowest BCUT2D eigenvalue weighted by molar-refractivity contribution is -0.124. The number of rotatable bonds is 7. The van der Waals surface area contributed by atoms with Crippen molar-refractivity contribution < 1.29 is 14.3 Å². The van der Waals surface area contributed by atoms with E-state index in [9.17, 15) is 9.59 Å². The number of nitrogens with zero attached hydrogens (tertiary/aromatic N) is 2. The molecular formula is C18H21N3O3. The van der Waals surface area contributed by atoms with Gasteiger partial charge in [0.25, 0.3) is 5.91 Å². The second kappa shape index (κ2) is 8.76. The zero-order valence-corrected chi connectivity index (χ0v) is 13.9. The van der Waals surface area contributed by atoms with E-state index in [1.165, 1.54) is 18.0 Å². The van der Waals surface area contributed by atoms with Crippen molar-refractivity contribution in [1.82, 2.24) is 15.3 Å². The van der Waals surface area contributed by atoms with E-state index < -0.39 is 5.97 Å². The predicted molar refractivity (Wildman–Crippen MR) is 89.4 cm³/mol. The van der Waals surface area contributed by atoms with Gasteiger partial charge in [0.15, 0.2) is 12.3 Å². The zero-order valence-electron chi connectivity index (χ0n) is 13.9. The quantitative estimate of drug-likeness (QED) is 0.788. The van der Waals surface area contributed by atoms with Crippen LogP contribution in [-0.4, -0.2) is 34.5 Å². The van der Waals surface area contributed by atoms with Crippen molar-refractivity contribution in [2.45, 2.75) is 32.7 Å². The van der Waals surface area contributed by atoms with E-state index in [2.05, 4.69) is 27.4 Å². The van der Waals surface area contributed by atoms with Crippen LogP contribution in [0.15, 0.2) is 42.7 Å². The maximum absolute atomic E-state index is 11.8. The van der Waals surface area contributed by atoms with Gasteiger partial charge in [0, 0.05) is 12.2 Å².